The van der Waals surface area contributed by atoms with Crippen LogP contribution in [0.4, 0.5) is 0 Å². The van der Waals surface area contributed by atoms with E-state index in [1.54, 1.807) is 6.07 Å². The van der Waals surface area contributed by atoms with E-state index in [1.807, 2.05) is 30.5 Å². The summed E-state index contributed by atoms with van der Waals surface area (Å²) in [7, 11) is -3.75. The highest BCUT2D eigenvalue weighted by Gasteiger charge is 2.21. The highest BCUT2D eigenvalue weighted by atomic mass is 35.5. The monoisotopic (exact) mass is 368 g/mol. The SMILES string of the molecule is O=S(=O)(NCCc1c[nH]c2ccccc12)c1c(Cl)cccc1Cl. The smallest absolute Gasteiger partial charge is 0.243 e. The lowest BCUT2D eigenvalue weighted by atomic mass is 10.1. The highest BCUT2D eigenvalue weighted by molar-refractivity contribution is 7.89. The van der Waals surface area contributed by atoms with Crippen molar-refractivity contribution in [2.45, 2.75) is 11.3 Å². The number of nitrogens with one attached hydrogen (secondary N) is 2. The van der Waals surface area contributed by atoms with E-state index in [0.29, 0.717) is 6.42 Å². The molecule has 23 heavy (non-hydrogen) atoms. The molecule has 0 atom stereocenters. The third-order valence-corrected chi connectivity index (χ3v) is 5.96. The lowest BCUT2D eigenvalue weighted by Crippen LogP contribution is -2.26. The Hall–Kier alpha value is -1.53. The average Bonchev–Trinajstić information content (AvgIpc) is 2.90. The molecule has 4 nitrogen and oxygen atoms in total. The first-order chi connectivity index (χ1) is 11.0. The van der Waals surface area contributed by atoms with Gasteiger partial charge in [-0.3, -0.25) is 0 Å². The number of sulfonamides is 1. The predicted molar refractivity (Wildman–Crippen MR) is 93.7 cm³/mol. The van der Waals surface area contributed by atoms with Crippen molar-refractivity contribution in [2.75, 3.05) is 6.54 Å². The van der Waals surface area contributed by atoms with Gasteiger partial charge in [0.15, 0.2) is 0 Å². The summed E-state index contributed by atoms with van der Waals surface area (Å²) in [5, 5.41) is 1.30. The Bertz CT molecular complexity index is 931. The number of rotatable bonds is 5. The minimum absolute atomic E-state index is 0.0812. The molecule has 0 fully saturated rings. The summed E-state index contributed by atoms with van der Waals surface area (Å²) in [6, 6.07) is 12.5. The van der Waals surface area contributed by atoms with Crippen molar-refractivity contribution in [1.29, 1.82) is 0 Å². The number of halogens is 2. The van der Waals surface area contributed by atoms with Gasteiger partial charge in [0.1, 0.15) is 4.90 Å². The van der Waals surface area contributed by atoms with E-state index >= 15 is 0 Å². The van der Waals surface area contributed by atoms with E-state index in [-0.39, 0.29) is 21.5 Å². The molecule has 3 rings (SSSR count). The fourth-order valence-electron chi connectivity index (χ4n) is 2.47. The van der Waals surface area contributed by atoms with Crippen LogP contribution < -0.4 is 4.72 Å². The van der Waals surface area contributed by atoms with Gasteiger partial charge in [0.2, 0.25) is 10.0 Å². The zero-order valence-corrected chi connectivity index (χ0v) is 14.3. The Morgan fingerprint density at radius 1 is 1.00 bits per heavy atom. The maximum absolute atomic E-state index is 12.4. The molecule has 120 valence electrons. The quantitative estimate of drug-likeness (QED) is 0.714. The van der Waals surface area contributed by atoms with Crippen LogP contribution in [0.3, 0.4) is 0 Å². The van der Waals surface area contributed by atoms with Gasteiger partial charge >= 0.3 is 0 Å². The van der Waals surface area contributed by atoms with Crippen LogP contribution in [0.5, 0.6) is 0 Å². The normalized spacial score (nSPS) is 11.9. The summed E-state index contributed by atoms with van der Waals surface area (Å²) in [5.41, 5.74) is 2.08. The minimum Gasteiger partial charge on any atom is -0.361 e. The Balaban J connectivity index is 1.75. The topological polar surface area (TPSA) is 62.0 Å². The number of fused-ring (bicyclic) bond motifs is 1. The lowest BCUT2D eigenvalue weighted by Gasteiger charge is -2.09. The standard InChI is InChI=1S/C16H14Cl2N2O2S/c17-13-5-3-6-14(18)16(13)23(21,22)20-9-8-11-10-19-15-7-2-1-4-12(11)15/h1-7,10,19-20H,8-9H2. The number of para-hydroxylation sites is 1. The summed E-state index contributed by atoms with van der Waals surface area (Å²) in [4.78, 5) is 3.09. The second-order valence-corrected chi connectivity index (χ2v) is 7.58. The minimum atomic E-state index is -3.75. The van der Waals surface area contributed by atoms with E-state index in [0.717, 1.165) is 16.5 Å². The number of aromatic amines is 1. The van der Waals surface area contributed by atoms with E-state index in [1.165, 1.54) is 12.1 Å². The first kappa shape index (κ1) is 16.3. The number of benzene rings is 2. The summed E-state index contributed by atoms with van der Waals surface area (Å²) < 4.78 is 27.3. The van der Waals surface area contributed by atoms with Crippen molar-refractivity contribution in [3.63, 3.8) is 0 Å². The number of hydrogen-bond donors (Lipinski definition) is 2. The molecule has 0 amide bonds. The van der Waals surface area contributed by atoms with Gasteiger partial charge < -0.3 is 4.98 Å². The Kier molecular flexibility index (Phi) is 4.64. The molecule has 0 aliphatic carbocycles. The van der Waals surface area contributed by atoms with Crippen LogP contribution in [0.25, 0.3) is 10.9 Å². The van der Waals surface area contributed by atoms with Crippen LogP contribution in [-0.4, -0.2) is 19.9 Å². The highest BCUT2D eigenvalue weighted by Crippen LogP contribution is 2.28. The Morgan fingerprint density at radius 2 is 1.70 bits per heavy atom. The molecule has 0 bridgehead atoms. The Labute approximate surface area is 144 Å². The fraction of sp³-hybridized carbons (Fsp3) is 0.125. The molecule has 0 unspecified atom stereocenters. The molecule has 1 aromatic heterocycles. The molecule has 0 saturated heterocycles. The van der Waals surface area contributed by atoms with Crippen LogP contribution in [-0.2, 0) is 16.4 Å². The fourth-order valence-corrected chi connectivity index (χ4v) is 4.64. The molecule has 0 saturated carbocycles. The molecule has 2 aromatic carbocycles. The van der Waals surface area contributed by atoms with Gasteiger partial charge in [-0.2, -0.15) is 0 Å². The molecule has 0 spiro atoms. The zero-order chi connectivity index (χ0) is 16.4. The van der Waals surface area contributed by atoms with Gasteiger partial charge in [0, 0.05) is 23.6 Å². The van der Waals surface area contributed by atoms with E-state index < -0.39 is 10.0 Å². The molecular weight excluding hydrogens is 355 g/mol. The molecule has 1 heterocycles. The zero-order valence-electron chi connectivity index (χ0n) is 12.0. The van der Waals surface area contributed by atoms with Gasteiger partial charge in [-0.15, -0.1) is 0 Å². The first-order valence-electron chi connectivity index (χ1n) is 6.98. The predicted octanol–water partition coefficient (Wildman–Crippen LogP) is 4.00. The molecule has 0 aliphatic rings. The van der Waals surface area contributed by atoms with Gasteiger partial charge in [-0.05, 0) is 30.2 Å². The molecule has 7 heteroatoms. The summed E-state index contributed by atoms with van der Waals surface area (Å²) in [5.74, 6) is 0. The maximum atomic E-state index is 12.4. The summed E-state index contributed by atoms with van der Waals surface area (Å²) >= 11 is 11.9. The summed E-state index contributed by atoms with van der Waals surface area (Å²) in [6.07, 6.45) is 2.45. The van der Waals surface area contributed by atoms with Crippen molar-refractivity contribution >= 4 is 44.1 Å². The van der Waals surface area contributed by atoms with Gasteiger partial charge in [-0.1, -0.05) is 47.5 Å². The lowest BCUT2D eigenvalue weighted by molar-refractivity contribution is 0.582. The largest absolute Gasteiger partial charge is 0.361 e. The molecule has 3 aromatic rings. The van der Waals surface area contributed by atoms with Gasteiger partial charge in [0.25, 0.3) is 0 Å². The summed E-state index contributed by atoms with van der Waals surface area (Å²) in [6.45, 7) is 0.256. The number of hydrogen-bond acceptors (Lipinski definition) is 2. The van der Waals surface area contributed by atoms with Gasteiger partial charge in [-0.25, -0.2) is 13.1 Å². The molecule has 2 N–H and O–H groups in total. The molecule has 0 radical (unpaired) electrons. The van der Waals surface area contributed by atoms with E-state index in [9.17, 15) is 8.42 Å². The van der Waals surface area contributed by atoms with Crippen molar-refractivity contribution in [3.8, 4) is 0 Å². The van der Waals surface area contributed by atoms with Crippen molar-refractivity contribution in [3.05, 3.63) is 64.3 Å². The van der Waals surface area contributed by atoms with Crippen LogP contribution in [0, 0.1) is 0 Å². The van der Waals surface area contributed by atoms with Crippen molar-refractivity contribution in [1.82, 2.24) is 9.71 Å². The second-order valence-electron chi connectivity index (χ2n) is 5.06. The van der Waals surface area contributed by atoms with Crippen LogP contribution in [0.2, 0.25) is 10.0 Å². The third-order valence-electron chi connectivity index (χ3n) is 3.55. The van der Waals surface area contributed by atoms with Crippen LogP contribution in [0.15, 0.2) is 53.6 Å². The maximum Gasteiger partial charge on any atom is 0.243 e. The molecule has 0 aliphatic heterocycles. The third kappa shape index (κ3) is 3.38. The number of aromatic nitrogens is 1. The van der Waals surface area contributed by atoms with Gasteiger partial charge in [0.05, 0.1) is 10.0 Å². The van der Waals surface area contributed by atoms with E-state index in [2.05, 4.69) is 9.71 Å². The number of H-pyrrole nitrogens is 1. The van der Waals surface area contributed by atoms with Crippen molar-refractivity contribution < 1.29 is 8.42 Å². The molecular formula is C16H14Cl2N2O2S. The Morgan fingerprint density at radius 3 is 2.43 bits per heavy atom. The average molecular weight is 369 g/mol. The van der Waals surface area contributed by atoms with Crippen LogP contribution in [0.1, 0.15) is 5.56 Å². The van der Waals surface area contributed by atoms with E-state index in [4.69, 9.17) is 23.2 Å². The first-order valence-corrected chi connectivity index (χ1v) is 9.21. The second kappa shape index (κ2) is 6.53. The van der Waals surface area contributed by atoms with Crippen molar-refractivity contribution in [2.24, 2.45) is 0 Å². The van der Waals surface area contributed by atoms with Crippen LogP contribution >= 0.6 is 23.2 Å².